The highest BCUT2D eigenvalue weighted by Crippen LogP contribution is 2.47. The van der Waals surface area contributed by atoms with Gasteiger partial charge in [0, 0.05) is 22.7 Å². The fraction of sp³-hybridized carbons (Fsp3) is 0.250. The summed E-state index contributed by atoms with van der Waals surface area (Å²) in [6.07, 6.45) is 4.08. The van der Waals surface area contributed by atoms with Gasteiger partial charge in [0.1, 0.15) is 17.5 Å². The molecule has 0 spiro atoms. The standard InChI is InChI=1S/C20H20FNOS/c1-3-4-18-13-24-20(16-6-8-17(21)9-7-16)22(18)19-10-5-15(12-23)11-14(19)2/h4-12,20H,3,13H2,1-2H3/b18-4-. The molecule has 0 aromatic heterocycles. The Morgan fingerprint density at radius 1 is 1.25 bits per heavy atom. The Hall–Kier alpha value is -2.07. The quantitative estimate of drug-likeness (QED) is 0.686. The fourth-order valence-electron chi connectivity index (χ4n) is 3.03. The van der Waals surface area contributed by atoms with Crippen LogP contribution in [0.4, 0.5) is 10.1 Å². The predicted molar refractivity (Wildman–Crippen MR) is 99.0 cm³/mol. The second kappa shape index (κ2) is 7.22. The summed E-state index contributed by atoms with van der Waals surface area (Å²) >= 11 is 1.84. The second-order valence-electron chi connectivity index (χ2n) is 5.85. The Kier molecular flexibility index (Phi) is 5.05. The van der Waals surface area contributed by atoms with Crippen LogP contribution in [0.1, 0.15) is 40.2 Å². The number of aldehydes is 1. The molecule has 2 aromatic rings. The number of thioether (sulfide) groups is 1. The number of anilines is 1. The number of allylic oxidation sites excluding steroid dienone is 1. The topological polar surface area (TPSA) is 20.3 Å². The zero-order valence-corrected chi connectivity index (χ0v) is 14.6. The number of benzene rings is 2. The van der Waals surface area contributed by atoms with Crippen LogP contribution >= 0.6 is 11.8 Å². The lowest BCUT2D eigenvalue weighted by Gasteiger charge is -2.29. The number of aryl methyl sites for hydroxylation is 1. The van der Waals surface area contributed by atoms with Gasteiger partial charge in [0.15, 0.2) is 0 Å². The normalized spacial score (nSPS) is 19.0. The highest BCUT2D eigenvalue weighted by atomic mass is 32.2. The highest BCUT2D eigenvalue weighted by molar-refractivity contribution is 8.00. The molecule has 0 radical (unpaired) electrons. The molecule has 2 nitrogen and oxygen atoms in total. The third-order valence-corrected chi connectivity index (χ3v) is 5.41. The molecule has 2 aromatic carbocycles. The van der Waals surface area contributed by atoms with E-state index in [1.54, 1.807) is 0 Å². The summed E-state index contributed by atoms with van der Waals surface area (Å²) in [6.45, 7) is 4.15. The molecule has 1 fully saturated rings. The van der Waals surface area contributed by atoms with Gasteiger partial charge in [0.25, 0.3) is 0 Å². The molecule has 1 saturated heterocycles. The van der Waals surface area contributed by atoms with Crippen LogP contribution < -0.4 is 4.90 Å². The molecular weight excluding hydrogens is 321 g/mol. The molecule has 0 aliphatic carbocycles. The smallest absolute Gasteiger partial charge is 0.150 e. The lowest BCUT2D eigenvalue weighted by molar-refractivity contribution is 0.112. The van der Waals surface area contributed by atoms with Gasteiger partial charge in [-0.15, -0.1) is 11.8 Å². The molecule has 24 heavy (non-hydrogen) atoms. The summed E-state index contributed by atoms with van der Waals surface area (Å²) in [5, 5.41) is 0.115. The highest BCUT2D eigenvalue weighted by Gasteiger charge is 2.31. The van der Waals surface area contributed by atoms with Gasteiger partial charge in [-0.3, -0.25) is 4.79 Å². The Labute approximate surface area is 146 Å². The first-order valence-electron chi connectivity index (χ1n) is 8.05. The first kappa shape index (κ1) is 16.8. The minimum absolute atomic E-state index is 0.115. The van der Waals surface area contributed by atoms with Crippen molar-refractivity contribution >= 4 is 23.7 Å². The van der Waals surface area contributed by atoms with Gasteiger partial charge in [-0.05, 0) is 54.8 Å². The zero-order valence-electron chi connectivity index (χ0n) is 13.8. The number of rotatable bonds is 4. The molecular formula is C20H20FNOS. The number of hydrogen-bond acceptors (Lipinski definition) is 3. The Bertz CT molecular complexity index is 770. The van der Waals surface area contributed by atoms with Gasteiger partial charge in [0.05, 0.1) is 0 Å². The lowest BCUT2D eigenvalue weighted by Crippen LogP contribution is -2.21. The zero-order chi connectivity index (χ0) is 17.1. The number of halogens is 1. The van der Waals surface area contributed by atoms with E-state index < -0.39 is 0 Å². The number of carbonyl (C=O) groups excluding carboxylic acids is 1. The van der Waals surface area contributed by atoms with Gasteiger partial charge in [-0.2, -0.15) is 0 Å². The summed E-state index contributed by atoms with van der Waals surface area (Å²) < 4.78 is 13.3. The van der Waals surface area contributed by atoms with E-state index >= 15 is 0 Å². The average Bonchev–Trinajstić information content (AvgIpc) is 2.99. The van der Waals surface area contributed by atoms with Crippen molar-refractivity contribution in [2.24, 2.45) is 0 Å². The third-order valence-electron chi connectivity index (χ3n) is 4.14. The van der Waals surface area contributed by atoms with E-state index in [-0.39, 0.29) is 11.2 Å². The van der Waals surface area contributed by atoms with E-state index in [0.29, 0.717) is 5.56 Å². The lowest BCUT2D eigenvalue weighted by atomic mass is 10.1. The van der Waals surface area contributed by atoms with Crippen molar-refractivity contribution in [3.8, 4) is 0 Å². The molecule has 0 bridgehead atoms. The van der Waals surface area contributed by atoms with Gasteiger partial charge >= 0.3 is 0 Å². The molecule has 1 unspecified atom stereocenters. The molecule has 1 aliphatic heterocycles. The van der Waals surface area contributed by atoms with Crippen molar-refractivity contribution in [3.63, 3.8) is 0 Å². The number of hydrogen-bond donors (Lipinski definition) is 0. The van der Waals surface area contributed by atoms with Crippen LogP contribution in [0.5, 0.6) is 0 Å². The van der Waals surface area contributed by atoms with Gasteiger partial charge in [-0.25, -0.2) is 4.39 Å². The van der Waals surface area contributed by atoms with E-state index in [4.69, 9.17) is 0 Å². The van der Waals surface area contributed by atoms with Crippen LogP contribution in [0.3, 0.4) is 0 Å². The van der Waals surface area contributed by atoms with Gasteiger partial charge in [-0.1, -0.05) is 25.1 Å². The minimum atomic E-state index is -0.218. The van der Waals surface area contributed by atoms with Crippen molar-refractivity contribution in [1.29, 1.82) is 0 Å². The van der Waals surface area contributed by atoms with E-state index in [0.717, 1.165) is 35.3 Å². The van der Waals surface area contributed by atoms with Gasteiger partial charge in [0.2, 0.25) is 0 Å². The predicted octanol–water partition coefficient (Wildman–Crippen LogP) is 5.49. The third kappa shape index (κ3) is 3.24. The second-order valence-corrected chi connectivity index (χ2v) is 6.92. The van der Waals surface area contributed by atoms with Crippen LogP contribution in [0.2, 0.25) is 0 Å². The van der Waals surface area contributed by atoms with Crippen molar-refractivity contribution < 1.29 is 9.18 Å². The molecule has 0 saturated carbocycles. The minimum Gasteiger partial charge on any atom is -0.328 e. The van der Waals surface area contributed by atoms with Crippen molar-refractivity contribution in [2.75, 3.05) is 10.7 Å². The number of carbonyl (C=O) groups is 1. The van der Waals surface area contributed by atoms with Crippen molar-refractivity contribution in [1.82, 2.24) is 0 Å². The molecule has 1 atom stereocenters. The monoisotopic (exact) mass is 341 g/mol. The largest absolute Gasteiger partial charge is 0.328 e. The maximum atomic E-state index is 13.3. The molecule has 3 rings (SSSR count). The van der Waals surface area contributed by atoms with Crippen LogP contribution in [0.15, 0.2) is 54.2 Å². The van der Waals surface area contributed by atoms with Crippen LogP contribution in [0.25, 0.3) is 0 Å². The van der Waals surface area contributed by atoms with Crippen molar-refractivity contribution in [3.05, 3.63) is 76.7 Å². The summed E-state index contributed by atoms with van der Waals surface area (Å²) in [4.78, 5) is 13.3. The van der Waals surface area contributed by atoms with E-state index in [1.165, 1.54) is 17.8 Å². The molecule has 4 heteroatoms. The SMILES string of the molecule is CC/C=C1/CSC(c2ccc(F)cc2)N1c1ccc(C=O)cc1C. The number of nitrogens with zero attached hydrogens (tertiary/aromatic N) is 1. The maximum Gasteiger partial charge on any atom is 0.150 e. The Morgan fingerprint density at radius 3 is 2.62 bits per heavy atom. The van der Waals surface area contributed by atoms with E-state index in [1.807, 2.05) is 49.0 Å². The van der Waals surface area contributed by atoms with E-state index in [9.17, 15) is 9.18 Å². The first-order chi connectivity index (χ1) is 11.6. The summed E-state index contributed by atoms with van der Waals surface area (Å²) in [5.41, 5.74) is 5.19. The van der Waals surface area contributed by atoms with E-state index in [2.05, 4.69) is 17.9 Å². The summed E-state index contributed by atoms with van der Waals surface area (Å²) in [6, 6.07) is 12.5. The summed E-state index contributed by atoms with van der Waals surface area (Å²) in [7, 11) is 0. The molecule has 0 amide bonds. The summed E-state index contributed by atoms with van der Waals surface area (Å²) in [5.74, 6) is 0.703. The Morgan fingerprint density at radius 2 is 2.00 bits per heavy atom. The van der Waals surface area contributed by atoms with Crippen LogP contribution in [-0.2, 0) is 0 Å². The average molecular weight is 341 g/mol. The van der Waals surface area contributed by atoms with Gasteiger partial charge < -0.3 is 4.90 Å². The molecule has 1 heterocycles. The van der Waals surface area contributed by atoms with Crippen LogP contribution in [-0.4, -0.2) is 12.0 Å². The molecule has 124 valence electrons. The Balaban J connectivity index is 2.05. The van der Waals surface area contributed by atoms with Crippen molar-refractivity contribution in [2.45, 2.75) is 25.6 Å². The molecule has 0 N–H and O–H groups in total. The van der Waals surface area contributed by atoms with Crippen LogP contribution in [0, 0.1) is 12.7 Å². The maximum absolute atomic E-state index is 13.3. The fourth-order valence-corrected chi connectivity index (χ4v) is 4.36. The first-order valence-corrected chi connectivity index (χ1v) is 9.10. The molecule has 1 aliphatic rings.